The number of carbonyl (C=O) groups is 1. The van der Waals surface area contributed by atoms with Crippen molar-refractivity contribution in [2.45, 2.75) is 5.75 Å². The van der Waals surface area contributed by atoms with Gasteiger partial charge in [-0.25, -0.2) is 4.39 Å². The monoisotopic (exact) mass is 341 g/mol. The molecule has 5 heteroatoms. The maximum Gasteiger partial charge on any atom is 0.323 e. The van der Waals surface area contributed by atoms with E-state index in [0.29, 0.717) is 5.75 Å². The molecule has 0 amide bonds. The summed E-state index contributed by atoms with van der Waals surface area (Å²) in [5, 5.41) is 10.1. The van der Waals surface area contributed by atoms with Crippen LogP contribution in [0, 0.1) is 5.82 Å². The molecule has 0 atom stereocenters. The highest BCUT2D eigenvalue weighted by molar-refractivity contribution is 8.02. The number of anilines is 1. The smallest absolute Gasteiger partial charge is 0.323 e. The number of nitrogens with zero attached hydrogens (tertiary/aromatic N) is 1. The van der Waals surface area contributed by atoms with Crippen LogP contribution in [-0.4, -0.2) is 17.6 Å². The van der Waals surface area contributed by atoms with Crippen LogP contribution in [-0.2, 0) is 10.5 Å². The van der Waals surface area contributed by atoms with E-state index in [2.05, 4.69) is 6.58 Å². The minimum atomic E-state index is -0.898. The van der Waals surface area contributed by atoms with Gasteiger partial charge in [0.25, 0.3) is 0 Å². The molecule has 3 rings (SSSR count). The fourth-order valence-corrected chi connectivity index (χ4v) is 3.61. The van der Waals surface area contributed by atoms with Gasteiger partial charge in [0.05, 0.1) is 5.03 Å². The number of allylic oxidation sites excluding steroid dienone is 2. The van der Waals surface area contributed by atoms with Crippen LogP contribution in [0.25, 0.3) is 5.57 Å². The molecule has 24 heavy (non-hydrogen) atoms. The van der Waals surface area contributed by atoms with Gasteiger partial charge in [0.2, 0.25) is 0 Å². The number of hydrogen-bond donors (Lipinski definition) is 1. The van der Waals surface area contributed by atoms with Crippen LogP contribution in [0.2, 0.25) is 0 Å². The molecule has 1 aliphatic heterocycles. The van der Waals surface area contributed by atoms with E-state index in [1.54, 1.807) is 17.0 Å². The molecule has 122 valence electrons. The summed E-state index contributed by atoms with van der Waals surface area (Å²) in [7, 11) is 0. The van der Waals surface area contributed by atoms with Crippen molar-refractivity contribution in [2.24, 2.45) is 0 Å². The third kappa shape index (κ3) is 3.51. The Kier molecular flexibility index (Phi) is 4.71. The zero-order valence-electron chi connectivity index (χ0n) is 12.9. The zero-order valence-corrected chi connectivity index (χ0v) is 13.7. The number of aliphatic carboxylic acids is 1. The van der Waals surface area contributed by atoms with Gasteiger partial charge >= 0.3 is 5.97 Å². The first-order chi connectivity index (χ1) is 11.5. The molecule has 0 spiro atoms. The summed E-state index contributed by atoms with van der Waals surface area (Å²) in [6, 6.07) is 13.9. The SMILES string of the molecule is C=C1C=C(SCc2ccc(F)cc2)N(CC(=O)O)c2ccccc21. The number of carboxylic acid groups (broad SMARTS) is 1. The second-order valence-electron chi connectivity index (χ2n) is 5.42. The van der Waals surface area contributed by atoms with Crippen LogP contribution >= 0.6 is 11.8 Å². The Bertz CT molecular complexity index is 814. The average Bonchev–Trinajstić information content (AvgIpc) is 2.57. The van der Waals surface area contributed by atoms with Gasteiger partial charge in [-0.15, -0.1) is 11.8 Å². The summed E-state index contributed by atoms with van der Waals surface area (Å²) in [6.07, 6.45) is 1.90. The van der Waals surface area contributed by atoms with Crippen molar-refractivity contribution in [3.05, 3.63) is 83.2 Å². The van der Waals surface area contributed by atoms with Crippen molar-refractivity contribution in [1.82, 2.24) is 0 Å². The van der Waals surface area contributed by atoms with Gasteiger partial charge in [0, 0.05) is 17.0 Å². The molecule has 1 N–H and O–H groups in total. The number of thioether (sulfide) groups is 1. The predicted octanol–water partition coefficient (Wildman–Crippen LogP) is 4.52. The summed E-state index contributed by atoms with van der Waals surface area (Å²) < 4.78 is 13.0. The topological polar surface area (TPSA) is 40.5 Å². The van der Waals surface area contributed by atoms with Crippen LogP contribution < -0.4 is 4.90 Å². The van der Waals surface area contributed by atoms with E-state index in [1.807, 2.05) is 30.3 Å². The number of fused-ring (bicyclic) bond motifs is 1. The van der Waals surface area contributed by atoms with Crippen LogP contribution in [0.5, 0.6) is 0 Å². The molecule has 1 heterocycles. The van der Waals surface area contributed by atoms with Crippen LogP contribution in [0.4, 0.5) is 10.1 Å². The van der Waals surface area contributed by atoms with Gasteiger partial charge in [0.15, 0.2) is 0 Å². The van der Waals surface area contributed by atoms with Crippen molar-refractivity contribution in [3.8, 4) is 0 Å². The maximum absolute atomic E-state index is 13.0. The number of hydrogen-bond acceptors (Lipinski definition) is 3. The third-order valence-corrected chi connectivity index (χ3v) is 4.81. The Morgan fingerprint density at radius 1 is 1.17 bits per heavy atom. The van der Waals surface area contributed by atoms with E-state index in [0.717, 1.165) is 27.4 Å². The van der Waals surface area contributed by atoms with Crippen molar-refractivity contribution < 1.29 is 14.3 Å². The van der Waals surface area contributed by atoms with Gasteiger partial charge in [-0.1, -0.05) is 36.9 Å². The maximum atomic E-state index is 13.0. The Morgan fingerprint density at radius 2 is 1.88 bits per heavy atom. The molecule has 0 unspecified atom stereocenters. The largest absolute Gasteiger partial charge is 0.480 e. The van der Waals surface area contributed by atoms with E-state index in [1.165, 1.54) is 23.9 Å². The molecular weight excluding hydrogens is 325 g/mol. The van der Waals surface area contributed by atoms with Crippen LogP contribution in [0.1, 0.15) is 11.1 Å². The molecule has 3 nitrogen and oxygen atoms in total. The lowest BCUT2D eigenvalue weighted by atomic mass is 10.0. The molecule has 0 saturated carbocycles. The fourth-order valence-electron chi connectivity index (χ4n) is 2.56. The minimum absolute atomic E-state index is 0.119. The van der Waals surface area contributed by atoms with Gasteiger partial charge in [-0.3, -0.25) is 4.79 Å². The number of rotatable bonds is 5. The van der Waals surface area contributed by atoms with Gasteiger partial charge < -0.3 is 10.0 Å². The zero-order chi connectivity index (χ0) is 17.1. The van der Waals surface area contributed by atoms with E-state index in [-0.39, 0.29) is 12.4 Å². The van der Waals surface area contributed by atoms with Crippen LogP contribution in [0.3, 0.4) is 0 Å². The number of carboxylic acids is 1. The number of benzene rings is 2. The normalized spacial score (nSPS) is 13.5. The van der Waals surface area contributed by atoms with Crippen LogP contribution in [0.15, 0.2) is 66.2 Å². The summed E-state index contributed by atoms with van der Waals surface area (Å²) in [5.41, 5.74) is 3.61. The number of halogens is 1. The Balaban J connectivity index is 1.86. The predicted molar refractivity (Wildman–Crippen MR) is 96.2 cm³/mol. The molecular formula is C19H16FNO2S. The molecule has 2 aromatic carbocycles. The molecule has 0 aliphatic carbocycles. The second kappa shape index (κ2) is 6.93. The average molecular weight is 341 g/mol. The lowest BCUT2D eigenvalue weighted by molar-refractivity contribution is -0.135. The molecule has 0 fully saturated rings. The first kappa shape index (κ1) is 16.3. The van der Waals surface area contributed by atoms with Gasteiger partial charge in [-0.2, -0.15) is 0 Å². The molecule has 2 aromatic rings. The summed E-state index contributed by atoms with van der Waals surface area (Å²) in [5.74, 6) is -0.543. The highest BCUT2D eigenvalue weighted by Gasteiger charge is 2.23. The summed E-state index contributed by atoms with van der Waals surface area (Å²) >= 11 is 1.51. The first-order valence-corrected chi connectivity index (χ1v) is 8.40. The standard InChI is InChI=1S/C19H16FNO2S/c1-13-10-18(24-12-14-6-8-15(20)9-7-14)21(11-19(22)23)17-5-3-2-4-16(13)17/h2-10H,1,11-12H2,(H,22,23). The molecule has 0 radical (unpaired) electrons. The molecule has 0 saturated heterocycles. The molecule has 1 aliphatic rings. The van der Waals surface area contributed by atoms with Gasteiger partial charge in [0.1, 0.15) is 12.4 Å². The van der Waals surface area contributed by atoms with Crippen molar-refractivity contribution in [3.63, 3.8) is 0 Å². The Morgan fingerprint density at radius 3 is 2.58 bits per heavy atom. The lowest BCUT2D eigenvalue weighted by Gasteiger charge is -2.31. The van der Waals surface area contributed by atoms with E-state index >= 15 is 0 Å². The number of para-hydroxylation sites is 1. The Labute approximate surface area is 144 Å². The molecule has 0 aromatic heterocycles. The Hall–Kier alpha value is -2.53. The first-order valence-electron chi connectivity index (χ1n) is 7.41. The highest BCUT2D eigenvalue weighted by Crippen LogP contribution is 2.39. The van der Waals surface area contributed by atoms with Crippen molar-refractivity contribution in [1.29, 1.82) is 0 Å². The van der Waals surface area contributed by atoms with E-state index in [9.17, 15) is 14.3 Å². The summed E-state index contributed by atoms with van der Waals surface area (Å²) in [4.78, 5) is 13.1. The summed E-state index contributed by atoms with van der Waals surface area (Å²) in [6.45, 7) is 3.95. The van der Waals surface area contributed by atoms with E-state index in [4.69, 9.17) is 0 Å². The minimum Gasteiger partial charge on any atom is -0.480 e. The lowest BCUT2D eigenvalue weighted by Crippen LogP contribution is -2.30. The van der Waals surface area contributed by atoms with E-state index < -0.39 is 5.97 Å². The third-order valence-electron chi connectivity index (χ3n) is 3.70. The highest BCUT2D eigenvalue weighted by atomic mass is 32.2. The second-order valence-corrected chi connectivity index (χ2v) is 6.42. The van der Waals surface area contributed by atoms with Crippen molar-refractivity contribution >= 4 is 29.0 Å². The van der Waals surface area contributed by atoms with Crippen molar-refractivity contribution in [2.75, 3.05) is 11.4 Å². The molecule has 0 bridgehead atoms. The quantitative estimate of drug-likeness (QED) is 0.868. The fraction of sp³-hybridized carbons (Fsp3) is 0.105. The van der Waals surface area contributed by atoms with Gasteiger partial charge in [-0.05, 0) is 35.4 Å².